The Morgan fingerprint density at radius 1 is 1.24 bits per heavy atom. The zero-order valence-electron chi connectivity index (χ0n) is 11.7. The second kappa shape index (κ2) is 6.21. The first-order chi connectivity index (χ1) is 10.0. The first-order valence-corrected chi connectivity index (χ1v) is 6.59. The van der Waals surface area contributed by atoms with E-state index in [4.69, 9.17) is 5.26 Å². The third kappa shape index (κ3) is 3.91. The van der Waals surface area contributed by atoms with Crippen LogP contribution in [0.2, 0.25) is 0 Å². The van der Waals surface area contributed by atoms with Crippen LogP contribution >= 0.6 is 0 Å². The molecule has 1 atom stereocenters. The summed E-state index contributed by atoms with van der Waals surface area (Å²) in [5, 5.41) is 21.9. The molecule has 1 amide bonds. The molecular weight excluding hydrogens is 264 g/mol. The molecule has 2 rings (SSSR count). The smallest absolute Gasteiger partial charge is 0.227 e. The molecule has 2 aromatic carbocycles. The van der Waals surface area contributed by atoms with Gasteiger partial charge in [0, 0.05) is 5.69 Å². The third-order valence-corrected chi connectivity index (χ3v) is 3.18. The fraction of sp³-hybridized carbons (Fsp3) is 0.176. The minimum atomic E-state index is -1.24. The third-order valence-electron chi connectivity index (χ3n) is 3.18. The lowest BCUT2D eigenvalue weighted by molar-refractivity contribution is -0.120. The van der Waals surface area contributed by atoms with Gasteiger partial charge in [-0.2, -0.15) is 5.26 Å². The number of hydrogen-bond acceptors (Lipinski definition) is 3. The van der Waals surface area contributed by atoms with Crippen LogP contribution in [-0.2, 0) is 10.4 Å². The van der Waals surface area contributed by atoms with Gasteiger partial charge in [0.1, 0.15) is 0 Å². The summed E-state index contributed by atoms with van der Waals surface area (Å²) < 4.78 is 0. The van der Waals surface area contributed by atoms with Crippen LogP contribution in [0.3, 0.4) is 0 Å². The van der Waals surface area contributed by atoms with Gasteiger partial charge in [0.15, 0.2) is 0 Å². The molecule has 0 aliphatic rings. The number of carbonyl (C=O) groups excluding carboxylic acids is 1. The zero-order valence-corrected chi connectivity index (χ0v) is 11.7. The van der Waals surface area contributed by atoms with Gasteiger partial charge in [0.05, 0.1) is 23.7 Å². The van der Waals surface area contributed by atoms with E-state index in [1.54, 1.807) is 43.3 Å². The molecule has 106 valence electrons. The second-order valence-corrected chi connectivity index (χ2v) is 5.06. The standard InChI is InChI=1S/C17H16N2O2/c1-17(21,14-7-3-2-4-8-14)11-16(20)19-15-9-5-6-13(10-15)12-18/h2-10,21H,11H2,1H3,(H,19,20). The van der Waals surface area contributed by atoms with Crippen LogP contribution in [0, 0.1) is 11.3 Å². The number of rotatable bonds is 4. The van der Waals surface area contributed by atoms with Gasteiger partial charge < -0.3 is 10.4 Å². The first kappa shape index (κ1) is 14.8. The molecule has 0 aliphatic heterocycles. The number of carbonyl (C=O) groups is 1. The van der Waals surface area contributed by atoms with E-state index < -0.39 is 5.60 Å². The number of aliphatic hydroxyl groups is 1. The van der Waals surface area contributed by atoms with Crippen molar-refractivity contribution >= 4 is 11.6 Å². The topological polar surface area (TPSA) is 73.1 Å². The molecule has 4 heteroatoms. The van der Waals surface area contributed by atoms with Gasteiger partial charge in [0.25, 0.3) is 0 Å². The van der Waals surface area contributed by atoms with Gasteiger partial charge in [0.2, 0.25) is 5.91 Å². The Hall–Kier alpha value is -2.64. The summed E-state index contributed by atoms with van der Waals surface area (Å²) in [4.78, 5) is 12.0. The van der Waals surface area contributed by atoms with E-state index in [2.05, 4.69) is 5.32 Å². The van der Waals surface area contributed by atoms with Crippen LogP contribution in [0.15, 0.2) is 54.6 Å². The van der Waals surface area contributed by atoms with Gasteiger partial charge in [-0.3, -0.25) is 4.79 Å². The number of nitrogens with zero attached hydrogens (tertiary/aromatic N) is 1. The first-order valence-electron chi connectivity index (χ1n) is 6.59. The van der Waals surface area contributed by atoms with Crippen molar-refractivity contribution in [3.8, 4) is 6.07 Å². The van der Waals surface area contributed by atoms with Crippen molar-refractivity contribution in [3.63, 3.8) is 0 Å². The molecule has 0 aromatic heterocycles. The predicted octanol–water partition coefficient (Wildman–Crippen LogP) is 2.79. The van der Waals surface area contributed by atoms with Crippen LogP contribution in [0.25, 0.3) is 0 Å². The lowest BCUT2D eigenvalue weighted by Gasteiger charge is -2.23. The summed E-state index contributed by atoms with van der Waals surface area (Å²) in [6.07, 6.45) is -0.0617. The number of benzene rings is 2. The highest BCUT2D eigenvalue weighted by molar-refractivity contribution is 5.91. The quantitative estimate of drug-likeness (QED) is 0.904. The Bertz CT molecular complexity index is 673. The lowest BCUT2D eigenvalue weighted by atomic mass is 9.92. The number of nitrogens with one attached hydrogen (secondary N) is 1. The average Bonchev–Trinajstić information content (AvgIpc) is 2.47. The minimum Gasteiger partial charge on any atom is -0.385 e. The van der Waals surface area contributed by atoms with E-state index in [0.717, 1.165) is 0 Å². The molecule has 0 aliphatic carbocycles. The highest BCUT2D eigenvalue weighted by atomic mass is 16.3. The second-order valence-electron chi connectivity index (χ2n) is 5.06. The molecule has 21 heavy (non-hydrogen) atoms. The summed E-state index contributed by atoms with van der Waals surface area (Å²) in [6, 6.07) is 17.7. The van der Waals surface area contributed by atoms with Crippen molar-refractivity contribution < 1.29 is 9.90 Å². The molecular formula is C17H16N2O2. The van der Waals surface area contributed by atoms with Gasteiger partial charge in [-0.05, 0) is 30.7 Å². The molecule has 2 aromatic rings. The maximum atomic E-state index is 12.0. The van der Waals surface area contributed by atoms with Crippen LogP contribution in [-0.4, -0.2) is 11.0 Å². The van der Waals surface area contributed by atoms with E-state index in [1.165, 1.54) is 0 Å². The normalized spacial score (nSPS) is 13.0. The van der Waals surface area contributed by atoms with E-state index in [0.29, 0.717) is 16.8 Å². The molecule has 1 unspecified atom stereocenters. The molecule has 0 radical (unpaired) electrons. The van der Waals surface area contributed by atoms with Crippen LogP contribution < -0.4 is 5.32 Å². The summed E-state index contributed by atoms with van der Waals surface area (Å²) in [5.74, 6) is -0.307. The fourth-order valence-corrected chi connectivity index (χ4v) is 2.08. The number of nitriles is 1. The summed E-state index contributed by atoms with van der Waals surface area (Å²) in [5.41, 5.74) is 0.467. The van der Waals surface area contributed by atoms with Gasteiger partial charge >= 0.3 is 0 Å². The molecule has 0 heterocycles. The van der Waals surface area contributed by atoms with Crippen molar-refractivity contribution in [1.82, 2.24) is 0 Å². The molecule has 0 saturated heterocycles. The Morgan fingerprint density at radius 2 is 1.95 bits per heavy atom. The maximum Gasteiger partial charge on any atom is 0.227 e. The van der Waals surface area contributed by atoms with E-state index in [9.17, 15) is 9.90 Å². The summed E-state index contributed by atoms with van der Waals surface area (Å²) >= 11 is 0. The summed E-state index contributed by atoms with van der Waals surface area (Å²) in [6.45, 7) is 1.60. The minimum absolute atomic E-state index is 0.0617. The van der Waals surface area contributed by atoms with Crippen molar-refractivity contribution in [1.29, 1.82) is 5.26 Å². The Morgan fingerprint density at radius 3 is 2.62 bits per heavy atom. The van der Waals surface area contributed by atoms with Crippen LogP contribution in [0.4, 0.5) is 5.69 Å². The van der Waals surface area contributed by atoms with Crippen molar-refractivity contribution in [2.75, 3.05) is 5.32 Å². The van der Waals surface area contributed by atoms with Crippen molar-refractivity contribution in [2.45, 2.75) is 18.9 Å². The van der Waals surface area contributed by atoms with Gasteiger partial charge in [-0.15, -0.1) is 0 Å². The molecule has 0 bridgehead atoms. The number of anilines is 1. The Labute approximate surface area is 123 Å². The zero-order chi connectivity index (χ0) is 15.3. The maximum absolute atomic E-state index is 12.0. The van der Waals surface area contributed by atoms with Crippen molar-refractivity contribution in [2.24, 2.45) is 0 Å². The van der Waals surface area contributed by atoms with Crippen LogP contribution in [0.5, 0.6) is 0 Å². The van der Waals surface area contributed by atoms with Gasteiger partial charge in [-0.1, -0.05) is 36.4 Å². The largest absolute Gasteiger partial charge is 0.385 e. The number of amides is 1. The average molecular weight is 280 g/mol. The Balaban J connectivity index is 2.06. The molecule has 4 nitrogen and oxygen atoms in total. The van der Waals surface area contributed by atoms with E-state index >= 15 is 0 Å². The molecule has 0 fully saturated rings. The highest BCUT2D eigenvalue weighted by Gasteiger charge is 2.26. The van der Waals surface area contributed by atoms with Gasteiger partial charge in [-0.25, -0.2) is 0 Å². The SMILES string of the molecule is CC(O)(CC(=O)Nc1cccc(C#N)c1)c1ccccc1. The monoisotopic (exact) mass is 280 g/mol. The number of hydrogen-bond donors (Lipinski definition) is 2. The lowest BCUT2D eigenvalue weighted by Crippen LogP contribution is -2.28. The molecule has 0 spiro atoms. The van der Waals surface area contributed by atoms with Crippen LogP contribution in [0.1, 0.15) is 24.5 Å². The molecule has 0 saturated carbocycles. The fourth-order valence-electron chi connectivity index (χ4n) is 2.08. The van der Waals surface area contributed by atoms with E-state index in [1.807, 2.05) is 24.3 Å². The summed E-state index contributed by atoms with van der Waals surface area (Å²) in [7, 11) is 0. The predicted molar refractivity (Wildman–Crippen MR) is 80.4 cm³/mol. The van der Waals surface area contributed by atoms with E-state index in [-0.39, 0.29) is 12.3 Å². The molecule has 2 N–H and O–H groups in total. The Kier molecular flexibility index (Phi) is 4.36. The highest BCUT2D eigenvalue weighted by Crippen LogP contribution is 2.24. The van der Waals surface area contributed by atoms with Crippen molar-refractivity contribution in [3.05, 3.63) is 65.7 Å².